The van der Waals surface area contributed by atoms with Crippen molar-refractivity contribution in [1.82, 2.24) is 15.0 Å². The van der Waals surface area contributed by atoms with Crippen molar-refractivity contribution < 1.29 is 13.9 Å². The summed E-state index contributed by atoms with van der Waals surface area (Å²) >= 11 is 6.10. The molecule has 0 bridgehead atoms. The third kappa shape index (κ3) is 5.13. The van der Waals surface area contributed by atoms with Crippen LogP contribution in [0.3, 0.4) is 0 Å². The van der Waals surface area contributed by atoms with Gasteiger partial charge in [0, 0.05) is 23.2 Å². The highest BCUT2D eigenvalue weighted by atomic mass is 35.5. The Kier molecular flexibility index (Phi) is 6.44. The van der Waals surface area contributed by atoms with Gasteiger partial charge in [-0.2, -0.15) is 0 Å². The summed E-state index contributed by atoms with van der Waals surface area (Å²) in [5.74, 6) is -0.234. The van der Waals surface area contributed by atoms with Gasteiger partial charge in [-0.3, -0.25) is 4.79 Å². The maximum absolute atomic E-state index is 13.2. The lowest BCUT2D eigenvalue weighted by atomic mass is 10.0. The van der Waals surface area contributed by atoms with Gasteiger partial charge in [0.2, 0.25) is 0 Å². The van der Waals surface area contributed by atoms with Crippen LogP contribution in [0.1, 0.15) is 55.4 Å². The van der Waals surface area contributed by atoms with E-state index in [1.165, 1.54) is 6.07 Å². The summed E-state index contributed by atoms with van der Waals surface area (Å²) < 4.78 is 11.8. The van der Waals surface area contributed by atoms with E-state index in [2.05, 4.69) is 20.3 Å². The molecule has 0 aliphatic heterocycles. The quantitative estimate of drug-likeness (QED) is 0.189. The lowest BCUT2D eigenvalue weighted by Crippen LogP contribution is -2.25. The van der Waals surface area contributed by atoms with E-state index in [4.69, 9.17) is 20.8 Å². The number of nitrogens with one attached hydrogen (secondary N) is 2. The molecule has 2 N–H and O–H groups in total. The molecule has 5 aromatic rings. The summed E-state index contributed by atoms with van der Waals surface area (Å²) in [7, 11) is 0. The van der Waals surface area contributed by atoms with Crippen LogP contribution in [0.4, 0.5) is 5.69 Å². The number of fused-ring (bicyclic) bond motifs is 2. The van der Waals surface area contributed by atoms with E-state index >= 15 is 0 Å². The predicted octanol–water partition coefficient (Wildman–Crippen LogP) is 6.82. The van der Waals surface area contributed by atoms with Gasteiger partial charge >= 0.3 is 5.97 Å². The van der Waals surface area contributed by atoms with Crippen LogP contribution < -0.4 is 10.7 Å². The molecule has 0 amide bonds. The first-order valence-corrected chi connectivity index (χ1v) is 12.6. The third-order valence-corrected chi connectivity index (χ3v) is 6.17. The second-order valence-corrected chi connectivity index (χ2v) is 10.6. The van der Waals surface area contributed by atoms with Gasteiger partial charge in [0.05, 0.1) is 17.1 Å². The fraction of sp³-hybridized carbons (Fsp3) is 0.241. The van der Waals surface area contributed by atoms with Crippen molar-refractivity contribution in [3.63, 3.8) is 0 Å². The van der Waals surface area contributed by atoms with Gasteiger partial charge in [-0.1, -0.05) is 17.7 Å². The molecule has 1 unspecified atom stereocenters. The number of aromatic nitrogens is 3. The maximum Gasteiger partial charge on any atom is 0.359 e. The molecule has 0 saturated heterocycles. The Morgan fingerprint density at radius 1 is 1.11 bits per heavy atom. The minimum absolute atomic E-state index is 0.0711. The first-order chi connectivity index (χ1) is 18.0. The number of carbonyl (C=O) groups is 1. The molecule has 0 spiro atoms. The summed E-state index contributed by atoms with van der Waals surface area (Å²) in [4.78, 5) is 38.0. The van der Waals surface area contributed by atoms with E-state index in [1.807, 2.05) is 44.3 Å². The molecule has 194 valence electrons. The number of aryl methyl sites for hydroxylation is 1. The van der Waals surface area contributed by atoms with Crippen LogP contribution in [0.15, 0.2) is 63.9 Å². The Bertz CT molecular complexity index is 1750. The fourth-order valence-corrected chi connectivity index (χ4v) is 4.44. The third-order valence-electron chi connectivity index (χ3n) is 5.96. The molecule has 0 radical (unpaired) electrons. The van der Waals surface area contributed by atoms with Crippen LogP contribution in [0, 0.1) is 6.92 Å². The number of carbonyl (C=O) groups excluding carboxylic acids is 1. The predicted molar refractivity (Wildman–Crippen MR) is 149 cm³/mol. The number of aromatic amines is 1. The first-order valence-electron chi connectivity index (χ1n) is 12.2. The first kappa shape index (κ1) is 25.5. The van der Waals surface area contributed by atoms with Gasteiger partial charge in [0.25, 0.3) is 0 Å². The summed E-state index contributed by atoms with van der Waals surface area (Å²) in [6, 6.07) is 13.8. The van der Waals surface area contributed by atoms with E-state index in [0.29, 0.717) is 33.8 Å². The van der Waals surface area contributed by atoms with Crippen LogP contribution in [-0.2, 0) is 4.74 Å². The minimum atomic E-state index is -0.701. The number of esters is 1. The molecule has 0 aliphatic carbocycles. The fourth-order valence-electron chi connectivity index (χ4n) is 4.29. The van der Waals surface area contributed by atoms with Gasteiger partial charge < -0.3 is 19.5 Å². The van der Waals surface area contributed by atoms with Crippen LogP contribution in [0.5, 0.6) is 0 Å². The van der Waals surface area contributed by atoms with Gasteiger partial charge in [-0.25, -0.2) is 14.8 Å². The minimum Gasteiger partial charge on any atom is -0.455 e. The van der Waals surface area contributed by atoms with Crippen LogP contribution in [0.2, 0.25) is 5.15 Å². The van der Waals surface area contributed by atoms with E-state index in [-0.39, 0.29) is 22.3 Å². The van der Waals surface area contributed by atoms with Gasteiger partial charge in [-0.15, -0.1) is 0 Å². The van der Waals surface area contributed by atoms with Crippen molar-refractivity contribution in [3.8, 4) is 11.5 Å². The highest BCUT2D eigenvalue weighted by molar-refractivity contribution is 6.29. The van der Waals surface area contributed by atoms with Gasteiger partial charge in [0.1, 0.15) is 27.7 Å². The number of halogens is 1. The Balaban J connectivity index is 1.58. The molecule has 0 saturated carbocycles. The highest BCUT2D eigenvalue weighted by Crippen LogP contribution is 2.32. The molecule has 5 rings (SSSR count). The number of benzene rings is 1. The number of rotatable bonds is 5. The zero-order valence-electron chi connectivity index (χ0n) is 21.7. The largest absolute Gasteiger partial charge is 0.455 e. The molecule has 38 heavy (non-hydrogen) atoms. The summed E-state index contributed by atoms with van der Waals surface area (Å²) in [5.41, 5.74) is 2.97. The molecule has 4 heterocycles. The van der Waals surface area contributed by atoms with Crippen molar-refractivity contribution >= 4 is 45.3 Å². The Morgan fingerprint density at radius 3 is 2.66 bits per heavy atom. The van der Waals surface area contributed by atoms with Crippen LogP contribution in [0.25, 0.3) is 33.5 Å². The number of anilines is 1. The molecule has 1 aromatic carbocycles. The average Bonchev–Trinajstić information content (AvgIpc) is 3.32. The van der Waals surface area contributed by atoms with Gasteiger partial charge in [0.15, 0.2) is 16.9 Å². The number of pyridine rings is 2. The summed E-state index contributed by atoms with van der Waals surface area (Å²) in [5, 5.41) is 4.93. The second kappa shape index (κ2) is 9.61. The van der Waals surface area contributed by atoms with E-state index in [9.17, 15) is 9.59 Å². The zero-order chi connectivity index (χ0) is 27.2. The van der Waals surface area contributed by atoms with E-state index in [0.717, 1.165) is 16.5 Å². The van der Waals surface area contributed by atoms with Crippen LogP contribution in [-0.4, -0.2) is 26.5 Å². The topological polar surface area (TPSA) is 110 Å². The normalized spacial score (nSPS) is 12.6. The molecule has 9 heteroatoms. The van der Waals surface area contributed by atoms with Crippen molar-refractivity contribution in [1.29, 1.82) is 0 Å². The van der Waals surface area contributed by atoms with Gasteiger partial charge in [-0.05, 0) is 76.6 Å². The average molecular weight is 531 g/mol. The molecule has 0 aliphatic rings. The molecular formula is C29H27ClN4O4. The van der Waals surface area contributed by atoms with E-state index < -0.39 is 11.6 Å². The Labute approximate surface area is 224 Å². The van der Waals surface area contributed by atoms with Crippen molar-refractivity contribution in [2.75, 3.05) is 5.32 Å². The summed E-state index contributed by atoms with van der Waals surface area (Å²) in [6.07, 6.45) is 1.81. The zero-order valence-corrected chi connectivity index (χ0v) is 22.4. The number of hydrogen-bond acceptors (Lipinski definition) is 7. The van der Waals surface area contributed by atoms with Crippen molar-refractivity contribution in [2.24, 2.45) is 0 Å². The second-order valence-electron chi connectivity index (χ2n) is 10.2. The lowest BCUT2D eigenvalue weighted by molar-refractivity contribution is 0.00640. The number of H-pyrrole nitrogens is 1. The lowest BCUT2D eigenvalue weighted by Gasteiger charge is -2.22. The standard InChI is InChI=1S/C29H27ClN4O4/c1-15-12-18(16(2)32-21-8-9-24(30)34-25(21)28(36)38-29(3,4)5)26-19(13-15)22(35)14-23(37-26)20-7-6-17-10-11-31-27(17)33-20/h6-14,16,32H,1-5H3,(H,31,33). The van der Waals surface area contributed by atoms with Crippen molar-refractivity contribution in [2.45, 2.75) is 46.3 Å². The number of nitrogens with zero attached hydrogens (tertiary/aromatic N) is 2. The molecule has 8 nitrogen and oxygen atoms in total. The Morgan fingerprint density at radius 2 is 1.89 bits per heavy atom. The molecule has 0 fully saturated rings. The molecular weight excluding hydrogens is 504 g/mol. The SMILES string of the molecule is Cc1cc(C(C)Nc2ccc(Cl)nc2C(=O)OC(C)(C)C)c2oc(-c3ccc4cc[nH]c4n3)cc(=O)c2c1. The smallest absolute Gasteiger partial charge is 0.359 e. The molecule has 4 aromatic heterocycles. The number of hydrogen-bond donors (Lipinski definition) is 2. The highest BCUT2D eigenvalue weighted by Gasteiger charge is 2.24. The monoisotopic (exact) mass is 530 g/mol. The van der Waals surface area contributed by atoms with Crippen molar-refractivity contribution in [3.05, 3.63) is 86.9 Å². The molecule has 1 atom stereocenters. The number of ether oxygens (including phenoxy) is 1. The Hall–Kier alpha value is -4.17. The summed E-state index contributed by atoms with van der Waals surface area (Å²) in [6.45, 7) is 9.18. The van der Waals surface area contributed by atoms with E-state index in [1.54, 1.807) is 39.0 Å². The van der Waals surface area contributed by atoms with Crippen LogP contribution >= 0.6 is 11.6 Å². The maximum atomic E-state index is 13.2.